The SMILES string of the molecule is COC(=O)c1ccc(C(=O)N2CCN(CCC#N)CC2)cc1. The number of carbonyl (C=O) groups is 2. The third-order valence-electron chi connectivity index (χ3n) is 3.75. The van der Waals surface area contributed by atoms with Crippen LogP contribution in [-0.4, -0.2) is 61.5 Å². The van der Waals surface area contributed by atoms with Gasteiger partial charge < -0.3 is 9.64 Å². The number of ether oxygens (including phenoxy) is 1. The Morgan fingerprint density at radius 3 is 2.27 bits per heavy atom. The summed E-state index contributed by atoms with van der Waals surface area (Å²) in [7, 11) is 1.33. The van der Waals surface area contributed by atoms with E-state index in [9.17, 15) is 9.59 Å². The van der Waals surface area contributed by atoms with E-state index in [1.165, 1.54) is 7.11 Å². The standard InChI is InChI=1S/C16H19N3O3/c1-22-16(21)14-5-3-13(4-6-14)15(20)19-11-9-18(10-12-19)8-2-7-17/h3-6H,2,8-12H2,1H3. The van der Waals surface area contributed by atoms with Crippen molar-refractivity contribution in [2.24, 2.45) is 0 Å². The highest BCUT2D eigenvalue weighted by Crippen LogP contribution is 2.11. The van der Waals surface area contributed by atoms with E-state index >= 15 is 0 Å². The number of esters is 1. The Bertz CT molecular complexity index is 569. The Morgan fingerprint density at radius 1 is 1.14 bits per heavy atom. The van der Waals surface area contributed by atoms with Gasteiger partial charge in [-0.05, 0) is 24.3 Å². The van der Waals surface area contributed by atoms with Gasteiger partial charge >= 0.3 is 5.97 Å². The summed E-state index contributed by atoms with van der Waals surface area (Å²) in [5, 5.41) is 8.59. The maximum Gasteiger partial charge on any atom is 0.337 e. The average molecular weight is 301 g/mol. The molecule has 1 aliphatic rings. The lowest BCUT2D eigenvalue weighted by molar-refractivity contribution is 0.0597. The van der Waals surface area contributed by atoms with Gasteiger partial charge in [0.15, 0.2) is 0 Å². The zero-order valence-electron chi connectivity index (χ0n) is 12.6. The Kier molecular flexibility index (Phi) is 5.50. The predicted octanol–water partition coefficient (Wildman–Crippen LogP) is 1.14. The maximum atomic E-state index is 12.4. The van der Waals surface area contributed by atoms with E-state index in [0.717, 1.165) is 19.6 Å². The molecule has 1 aromatic rings. The van der Waals surface area contributed by atoms with E-state index < -0.39 is 5.97 Å². The van der Waals surface area contributed by atoms with Crippen LogP contribution in [-0.2, 0) is 4.74 Å². The first-order valence-electron chi connectivity index (χ1n) is 7.22. The third-order valence-corrected chi connectivity index (χ3v) is 3.75. The molecule has 116 valence electrons. The Morgan fingerprint density at radius 2 is 1.73 bits per heavy atom. The van der Waals surface area contributed by atoms with Crippen LogP contribution in [0.5, 0.6) is 0 Å². The van der Waals surface area contributed by atoms with Crippen LogP contribution in [0.2, 0.25) is 0 Å². The number of nitrogens with zero attached hydrogens (tertiary/aromatic N) is 3. The van der Waals surface area contributed by atoms with Crippen LogP contribution in [0.3, 0.4) is 0 Å². The number of rotatable bonds is 4. The minimum atomic E-state index is -0.412. The normalized spacial score (nSPS) is 15.2. The van der Waals surface area contributed by atoms with Gasteiger partial charge in [-0.1, -0.05) is 0 Å². The molecule has 6 nitrogen and oxygen atoms in total. The molecule has 1 aromatic carbocycles. The summed E-state index contributed by atoms with van der Waals surface area (Å²) in [5.41, 5.74) is 0.999. The molecule has 0 aliphatic carbocycles. The van der Waals surface area contributed by atoms with Crippen molar-refractivity contribution in [2.75, 3.05) is 39.8 Å². The van der Waals surface area contributed by atoms with Crippen molar-refractivity contribution in [3.8, 4) is 6.07 Å². The molecule has 0 bridgehead atoms. The molecule has 0 radical (unpaired) electrons. The average Bonchev–Trinajstić information content (AvgIpc) is 2.59. The van der Waals surface area contributed by atoms with Crippen molar-refractivity contribution < 1.29 is 14.3 Å². The van der Waals surface area contributed by atoms with Gasteiger partial charge in [0.25, 0.3) is 5.91 Å². The minimum Gasteiger partial charge on any atom is -0.465 e. The highest BCUT2D eigenvalue weighted by molar-refractivity contribution is 5.96. The van der Waals surface area contributed by atoms with Crippen molar-refractivity contribution in [3.05, 3.63) is 35.4 Å². The van der Waals surface area contributed by atoms with E-state index in [-0.39, 0.29) is 5.91 Å². The molecule has 0 N–H and O–H groups in total. The van der Waals surface area contributed by atoms with Gasteiger partial charge in [0.1, 0.15) is 0 Å². The molecule has 0 aromatic heterocycles. The highest BCUT2D eigenvalue weighted by Gasteiger charge is 2.22. The third kappa shape index (κ3) is 3.83. The fourth-order valence-electron chi connectivity index (χ4n) is 2.43. The molecule has 22 heavy (non-hydrogen) atoms. The zero-order chi connectivity index (χ0) is 15.9. The second kappa shape index (κ2) is 7.57. The topological polar surface area (TPSA) is 73.6 Å². The van der Waals surface area contributed by atoms with Crippen molar-refractivity contribution in [1.82, 2.24) is 9.80 Å². The van der Waals surface area contributed by atoms with Crippen LogP contribution in [0.25, 0.3) is 0 Å². The van der Waals surface area contributed by atoms with Gasteiger partial charge in [0, 0.05) is 44.7 Å². The summed E-state index contributed by atoms with van der Waals surface area (Å²) in [6, 6.07) is 8.63. The quantitative estimate of drug-likeness (QED) is 0.780. The molecule has 1 heterocycles. The smallest absolute Gasteiger partial charge is 0.337 e. The molecule has 0 atom stereocenters. The zero-order valence-corrected chi connectivity index (χ0v) is 12.6. The van der Waals surface area contributed by atoms with Crippen LogP contribution >= 0.6 is 0 Å². The molecular weight excluding hydrogens is 282 g/mol. The number of hydrogen-bond acceptors (Lipinski definition) is 5. The summed E-state index contributed by atoms with van der Waals surface area (Å²) < 4.78 is 4.63. The summed E-state index contributed by atoms with van der Waals surface area (Å²) >= 11 is 0. The molecule has 1 aliphatic heterocycles. The lowest BCUT2D eigenvalue weighted by Crippen LogP contribution is -2.48. The van der Waals surface area contributed by atoms with Crippen molar-refractivity contribution in [1.29, 1.82) is 5.26 Å². The monoisotopic (exact) mass is 301 g/mol. The molecule has 0 spiro atoms. The van der Waals surface area contributed by atoms with Gasteiger partial charge in [-0.25, -0.2) is 4.79 Å². The summed E-state index contributed by atoms with van der Waals surface area (Å²) in [5.74, 6) is -0.443. The molecule has 1 saturated heterocycles. The number of piperazine rings is 1. The lowest BCUT2D eigenvalue weighted by atomic mass is 10.1. The van der Waals surface area contributed by atoms with E-state index in [0.29, 0.717) is 30.6 Å². The Hall–Kier alpha value is -2.39. The minimum absolute atomic E-state index is 0.0312. The van der Waals surface area contributed by atoms with Crippen molar-refractivity contribution >= 4 is 11.9 Å². The van der Waals surface area contributed by atoms with Gasteiger partial charge in [0.05, 0.1) is 18.7 Å². The molecule has 1 amide bonds. The number of amides is 1. The maximum absolute atomic E-state index is 12.4. The number of hydrogen-bond donors (Lipinski definition) is 0. The first-order valence-corrected chi connectivity index (χ1v) is 7.22. The molecule has 0 saturated carbocycles. The molecule has 6 heteroatoms. The van der Waals surface area contributed by atoms with Gasteiger partial charge in [-0.3, -0.25) is 9.69 Å². The Labute approximate surface area is 129 Å². The Balaban J connectivity index is 1.92. The second-order valence-corrected chi connectivity index (χ2v) is 5.11. The first kappa shape index (κ1) is 16.0. The molecule has 0 unspecified atom stereocenters. The molecule has 2 rings (SSSR count). The largest absolute Gasteiger partial charge is 0.465 e. The summed E-state index contributed by atoms with van der Waals surface area (Å²) in [6.45, 7) is 3.64. The van der Waals surface area contributed by atoms with Crippen LogP contribution in [0.1, 0.15) is 27.1 Å². The lowest BCUT2D eigenvalue weighted by Gasteiger charge is -2.34. The molecule has 1 fully saturated rings. The number of nitriles is 1. The predicted molar refractivity (Wildman–Crippen MR) is 80.4 cm³/mol. The van der Waals surface area contributed by atoms with E-state index in [1.54, 1.807) is 29.2 Å². The number of benzene rings is 1. The van der Waals surface area contributed by atoms with Crippen LogP contribution in [0.15, 0.2) is 24.3 Å². The second-order valence-electron chi connectivity index (χ2n) is 5.11. The van der Waals surface area contributed by atoms with Gasteiger partial charge in [-0.15, -0.1) is 0 Å². The molecular formula is C16H19N3O3. The van der Waals surface area contributed by atoms with Crippen molar-refractivity contribution in [3.63, 3.8) is 0 Å². The van der Waals surface area contributed by atoms with Crippen LogP contribution < -0.4 is 0 Å². The highest BCUT2D eigenvalue weighted by atomic mass is 16.5. The van der Waals surface area contributed by atoms with Crippen molar-refractivity contribution in [2.45, 2.75) is 6.42 Å². The fourth-order valence-corrected chi connectivity index (χ4v) is 2.43. The summed E-state index contributed by atoms with van der Waals surface area (Å²) in [4.78, 5) is 27.8. The fraction of sp³-hybridized carbons (Fsp3) is 0.438. The van der Waals surface area contributed by atoms with Crippen LogP contribution in [0.4, 0.5) is 0 Å². The van der Waals surface area contributed by atoms with E-state index in [2.05, 4.69) is 15.7 Å². The van der Waals surface area contributed by atoms with E-state index in [4.69, 9.17) is 5.26 Å². The summed E-state index contributed by atoms with van der Waals surface area (Å²) in [6.07, 6.45) is 0.517. The van der Waals surface area contributed by atoms with Crippen LogP contribution in [0, 0.1) is 11.3 Å². The first-order chi connectivity index (χ1) is 10.7. The van der Waals surface area contributed by atoms with E-state index in [1.807, 2.05) is 0 Å². The number of methoxy groups -OCH3 is 1. The number of carbonyl (C=O) groups excluding carboxylic acids is 2. The van der Waals surface area contributed by atoms with Gasteiger partial charge in [0.2, 0.25) is 0 Å². The van der Waals surface area contributed by atoms with Gasteiger partial charge in [-0.2, -0.15) is 5.26 Å².